The van der Waals surface area contributed by atoms with E-state index >= 15 is 0 Å². The third-order valence-electron chi connectivity index (χ3n) is 4.32. The second kappa shape index (κ2) is 8.04. The highest BCUT2D eigenvalue weighted by Gasteiger charge is 2.33. The molecule has 0 aliphatic carbocycles. The summed E-state index contributed by atoms with van der Waals surface area (Å²) in [7, 11) is 0. The summed E-state index contributed by atoms with van der Waals surface area (Å²) in [6, 6.07) is 14.4. The Hall–Kier alpha value is -2.14. The highest BCUT2D eigenvalue weighted by molar-refractivity contribution is 7.99. The van der Waals surface area contributed by atoms with Gasteiger partial charge in [0.25, 0.3) is 0 Å². The number of benzene rings is 2. The van der Waals surface area contributed by atoms with Crippen LogP contribution in [0.3, 0.4) is 0 Å². The van der Waals surface area contributed by atoms with Gasteiger partial charge in [0.15, 0.2) is 0 Å². The van der Waals surface area contributed by atoms with Crippen molar-refractivity contribution in [1.82, 2.24) is 0 Å². The van der Waals surface area contributed by atoms with E-state index in [1.807, 2.05) is 43.8 Å². The van der Waals surface area contributed by atoms with Crippen molar-refractivity contribution in [2.75, 3.05) is 17.7 Å². The summed E-state index contributed by atoms with van der Waals surface area (Å²) < 4.78 is 11.2. The Kier molecular flexibility index (Phi) is 5.77. The number of ether oxygens (including phenoxy) is 2. The number of rotatable bonds is 7. The van der Waals surface area contributed by atoms with Gasteiger partial charge < -0.3 is 9.47 Å². The van der Waals surface area contributed by atoms with Gasteiger partial charge in [-0.3, -0.25) is 5.32 Å². The van der Waals surface area contributed by atoms with Crippen molar-refractivity contribution in [1.29, 1.82) is 0 Å². The van der Waals surface area contributed by atoms with E-state index in [9.17, 15) is 4.79 Å². The van der Waals surface area contributed by atoms with Gasteiger partial charge in [0.1, 0.15) is 11.4 Å². The van der Waals surface area contributed by atoms with E-state index in [-0.39, 0.29) is 0 Å². The first-order chi connectivity index (χ1) is 12.4. The van der Waals surface area contributed by atoms with Crippen molar-refractivity contribution in [3.8, 4) is 5.75 Å². The van der Waals surface area contributed by atoms with E-state index < -0.39 is 11.7 Å². The molecule has 0 radical (unpaired) electrons. The molecule has 0 atom stereocenters. The minimum Gasteiger partial charge on any atom is -0.494 e. The molecule has 1 heterocycles. The first kappa shape index (κ1) is 18.6. The van der Waals surface area contributed by atoms with Crippen molar-refractivity contribution in [3.05, 3.63) is 53.6 Å². The maximum absolute atomic E-state index is 11.6. The molecular formula is C21H25NO3S. The molecule has 26 heavy (non-hydrogen) atoms. The molecule has 1 amide bonds. The van der Waals surface area contributed by atoms with Gasteiger partial charge in [-0.1, -0.05) is 17.7 Å². The zero-order chi connectivity index (χ0) is 18.6. The van der Waals surface area contributed by atoms with Crippen molar-refractivity contribution in [2.45, 2.75) is 44.1 Å². The molecule has 1 aliphatic heterocycles. The molecular weight excluding hydrogens is 346 g/mol. The Bertz CT molecular complexity index is 771. The number of carbonyl (C=O) groups is 1. The predicted octanol–water partition coefficient (Wildman–Crippen LogP) is 5.74. The fraction of sp³-hybridized carbons (Fsp3) is 0.381. The molecule has 1 aliphatic rings. The molecule has 138 valence electrons. The number of unbranched alkanes of at least 4 members (excludes halogenated alkanes) is 1. The number of cyclic esters (lactones) is 1. The fourth-order valence-electron chi connectivity index (χ4n) is 2.86. The third-order valence-corrected chi connectivity index (χ3v) is 5.42. The van der Waals surface area contributed by atoms with Crippen LogP contribution in [0.4, 0.5) is 10.5 Å². The van der Waals surface area contributed by atoms with Crippen LogP contribution in [0.1, 0.15) is 37.8 Å². The lowest BCUT2D eigenvalue weighted by molar-refractivity contribution is 0.0418. The van der Waals surface area contributed by atoms with Gasteiger partial charge in [0.2, 0.25) is 0 Å². The second-order valence-corrected chi connectivity index (χ2v) is 8.12. The smallest absolute Gasteiger partial charge is 0.412 e. The summed E-state index contributed by atoms with van der Waals surface area (Å²) in [5.74, 6) is 1.89. The van der Waals surface area contributed by atoms with E-state index in [0.29, 0.717) is 6.61 Å². The molecule has 1 N–H and O–H groups in total. The number of amides is 1. The number of anilines is 1. The molecule has 0 saturated carbocycles. The molecule has 0 aromatic heterocycles. The van der Waals surface area contributed by atoms with E-state index in [4.69, 9.17) is 9.47 Å². The highest BCUT2D eigenvalue weighted by Crippen LogP contribution is 2.37. The SMILES string of the molecule is Cc1ccc(SCCCCOc2ccc3c(c2)C(C)(C)OC(=O)N3)cc1. The molecule has 2 aromatic rings. The molecule has 3 rings (SSSR count). The first-order valence-electron chi connectivity index (χ1n) is 8.91. The number of thioether (sulfide) groups is 1. The lowest BCUT2D eigenvalue weighted by Gasteiger charge is -2.32. The molecule has 4 nitrogen and oxygen atoms in total. The predicted molar refractivity (Wildman–Crippen MR) is 106 cm³/mol. The molecule has 0 saturated heterocycles. The van der Waals surface area contributed by atoms with E-state index in [0.717, 1.165) is 35.6 Å². The number of hydrogen-bond acceptors (Lipinski definition) is 4. The van der Waals surface area contributed by atoms with Crippen LogP contribution < -0.4 is 10.1 Å². The molecule has 0 unspecified atom stereocenters. The number of nitrogens with one attached hydrogen (secondary N) is 1. The Labute approximate surface area is 159 Å². The van der Waals surface area contributed by atoms with Crippen LogP contribution in [0.15, 0.2) is 47.4 Å². The van der Waals surface area contributed by atoms with Crippen LogP contribution in [0.5, 0.6) is 5.75 Å². The standard InChI is InChI=1S/C21H25NO3S/c1-15-6-9-17(10-7-15)26-13-5-4-12-24-16-8-11-19-18(14-16)21(2,3)25-20(23)22-19/h6-11,14H,4-5,12-13H2,1-3H3,(H,22,23). The van der Waals surface area contributed by atoms with Crippen molar-refractivity contribution < 1.29 is 14.3 Å². The van der Waals surface area contributed by atoms with Crippen LogP contribution in [0, 0.1) is 6.92 Å². The third kappa shape index (κ3) is 4.73. The Morgan fingerprint density at radius 1 is 1.12 bits per heavy atom. The van der Waals surface area contributed by atoms with Crippen LogP contribution in [-0.4, -0.2) is 18.5 Å². The van der Waals surface area contributed by atoms with E-state index in [2.05, 4.69) is 36.5 Å². The first-order valence-corrected chi connectivity index (χ1v) is 9.89. The van der Waals surface area contributed by atoms with Crippen LogP contribution in [0.2, 0.25) is 0 Å². The second-order valence-electron chi connectivity index (χ2n) is 6.95. The van der Waals surface area contributed by atoms with Crippen LogP contribution in [0.25, 0.3) is 0 Å². The lowest BCUT2D eigenvalue weighted by atomic mass is 9.94. The van der Waals surface area contributed by atoms with Gasteiger partial charge in [0, 0.05) is 10.5 Å². The summed E-state index contributed by atoms with van der Waals surface area (Å²) >= 11 is 1.88. The quantitative estimate of drug-likeness (QED) is 0.498. The molecule has 0 fully saturated rings. The molecule has 2 aromatic carbocycles. The number of aryl methyl sites for hydroxylation is 1. The van der Waals surface area contributed by atoms with Gasteiger partial charge in [-0.25, -0.2) is 4.79 Å². The monoisotopic (exact) mass is 371 g/mol. The van der Waals surface area contributed by atoms with Gasteiger partial charge in [-0.15, -0.1) is 11.8 Å². The summed E-state index contributed by atoms with van der Waals surface area (Å²) in [4.78, 5) is 12.9. The Morgan fingerprint density at radius 3 is 2.65 bits per heavy atom. The maximum atomic E-state index is 11.6. The number of carbonyl (C=O) groups excluding carboxylic acids is 1. The van der Waals surface area contributed by atoms with Crippen molar-refractivity contribution >= 4 is 23.5 Å². The summed E-state index contributed by atoms with van der Waals surface area (Å²) in [5.41, 5.74) is 2.36. The van der Waals surface area contributed by atoms with Crippen LogP contribution >= 0.6 is 11.8 Å². The summed E-state index contributed by atoms with van der Waals surface area (Å²) in [5, 5.41) is 2.73. The Balaban J connectivity index is 1.44. The zero-order valence-corrected chi connectivity index (χ0v) is 16.3. The molecule has 0 bridgehead atoms. The zero-order valence-electron chi connectivity index (χ0n) is 15.5. The van der Waals surface area contributed by atoms with Crippen molar-refractivity contribution in [3.63, 3.8) is 0 Å². The van der Waals surface area contributed by atoms with Gasteiger partial charge >= 0.3 is 6.09 Å². The average molecular weight is 372 g/mol. The maximum Gasteiger partial charge on any atom is 0.412 e. The summed E-state index contributed by atoms with van der Waals surface area (Å²) in [6.45, 7) is 6.56. The summed E-state index contributed by atoms with van der Waals surface area (Å²) in [6.07, 6.45) is 1.70. The largest absolute Gasteiger partial charge is 0.494 e. The molecule has 0 spiro atoms. The van der Waals surface area contributed by atoms with Gasteiger partial charge in [0.05, 0.1) is 12.3 Å². The topological polar surface area (TPSA) is 47.6 Å². The van der Waals surface area contributed by atoms with E-state index in [1.54, 1.807) is 0 Å². The van der Waals surface area contributed by atoms with Gasteiger partial charge in [-0.05, 0) is 69.7 Å². The lowest BCUT2D eigenvalue weighted by Crippen LogP contribution is -2.34. The van der Waals surface area contributed by atoms with E-state index in [1.165, 1.54) is 10.5 Å². The fourth-order valence-corrected chi connectivity index (χ4v) is 3.77. The minimum atomic E-state index is -0.651. The number of fused-ring (bicyclic) bond motifs is 1. The van der Waals surface area contributed by atoms with Crippen molar-refractivity contribution in [2.24, 2.45) is 0 Å². The Morgan fingerprint density at radius 2 is 1.88 bits per heavy atom. The molecule has 5 heteroatoms. The van der Waals surface area contributed by atoms with Crippen LogP contribution in [-0.2, 0) is 10.3 Å². The average Bonchev–Trinajstić information content (AvgIpc) is 2.59. The number of hydrogen-bond donors (Lipinski definition) is 1. The normalized spacial score (nSPS) is 15.0. The minimum absolute atomic E-state index is 0.415. The van der Waals surface area contributed by atoms with Gasteiger partial charge in [-0.2, -0.15) is 0 Å². The highest BCUT2D eigenvalue weighted by atomic mass is 32.2.